The summed E-state index contributed by atoms with van der Waals surface area (Å²) in [6, 6.07) is 10.1. The number of hydrogen-bond acceptors (Lipinski definition) is 6. The largest absolute Gasteiger partial charge is 0.480 e. The molecule has 1 N–H and O–H groups in total. The Balaban J connectivity index is 1.55. The summed E-state index contributed by atoms with van der Waals surface area (Å²) in [7, 11) is 1.89. The summed E-state index contributed by atoms with van der Waals surface area (Å²) in [5.74, 6) is 0.463. The fourth-order valence-electron chi connectivity index (χ4n) is 3.30. The van der Waals surface area contributed by atoms with Crippen LogP contribution in [0.5, 0.6) is 0 Å². The number of carbonyl (C=O) groups is 1. The maximum absolute atomic E-state index is 10.9. The summed E-state index contributed by atoms with van der Waals surface area (Å²) >= 11 is 0. The number of carboxylic acid groups (broad SMARTS) is 1. The molecule has 1 aliphatic rings. The van der Waals surface area contributed by atoms with E-state index in [9.17, 15) is 4.79 Å². The summed E-state index contributed by atoms with van der Waals surface area (Å²) < 4.78 is 5.37. The minimum Gasteiger partial charge on any atom is -0.480 e. The molecule has 1 fully saturated rings. The number of benzene rings is 1. The first-order valence-electron chi connectivity index (χ1n) is 8.64. The zero-order valence-electron chi connectivity index (χ0n) is 14.5. The van der Waals surface area contributed by atoms with E-state index in [-0.39, 0.29) is 6.54 Å². The fraction of sp³-hybridized carbons (Fsp3) is 0.500. The van der Waals surface area contributed by atoms with Gasteiger partial charge >= 0.3 is 5.97 Å². The van der Waals surface area contributed by atoms with Crippen LogP contribution in [-0.4, -0.2) is 63.7 Å². The minimum atomic E-state index is -0.774. The van der Waals surface area contributed by atoms with E-state index >= 15 is 0 Å². The van der Waals surface area contributed by atoms with Gasteiger partial charge in [-0.3, -0.25) is 14.6 Å². The number of rotatable bonds is 6. The first-order valence-corrected chi connectivity index (χ1v) is 8.64. The number of carboxylic acids is 1. The highest BCUT2D eigenvalue weighted by Gasteiger charge is 2.22. The van der Waals surface area contributed by atoms with Crippen LogP contribution in [0.3, 0.4) is 0 Å². The molecule has 0 aliphatic carbocycles. The Bertz CT molecular complexity index is 689. The van der Waals surface area contributed by atoms with Gasteiger partial charge in [0.2, 0.25) is 0 Å². The molecule has 1 unspecified atom stereocenters. The van der Waals surface area contributed by atoms with Crippen molar-refractivity contribution in [3.8, 4) is 11.5 Å². The van der Waals surface area contributed by atoms with E-state index in [1.54, 1.807) is 0 Å². The molecule has 3 rings (SSSR count). The van der Waals surface area contributed by atoms with Gasteiger partial charge in [-0.15, -0.1) is 0 Å². The third-order valence-electron chi connectivity index (χ3n) is 4.65. The van der Waals surface area contributed by atoms with Crippen molar-refractivity contribution in [2.75, 3.05) is 26.7 Å². The van der Waals surface area contributed by atoms with Crippen LogP contribution in [0.15, 0.2) is 34.9 Å². The molecule has 1 aromatic heterocycles. The Morgan fingerprint density at radius 3 is 2.88 bits per heavy atom. The molecule has 2 heterocycles. The maximum Gasteiger partial charge on any atom is 0.317 e. The Hall–Kier alpha value is -2.25. The van der Waals surface area contributed by atoms with Gasteiger partial charge in [-0.2, -0.15) is 4.98 Å². The molecule has 134 valence electrons. The van der Waals surface area contributed by atoms with Gasteiger partial charge in [0.05, 0.1) is 13.1 Å². The SMILES string of the molecule is CN(CC(=O)O)C1CCCN(Cc2noc(-c3ccccc3)n2)CC1. The van der Waals surface area contributed by atoms with Crippen molar-refractivity contribution in [3.63, 3.8) is 0 Å². The van der Waals surface area contributed by atoms with Gasteiger partial charge < -0.3 is 9.63 Å². The average Bonchev–Trinajstić information content (AvgIpc) is 2.93. The highest BCUT2D eigenvalue weighted by molar-refractivity contribution is 5.69. The van der Waals surface area contributed by atoms with Gasteiger partial charge in [0.1, 0.15) is 0 Å². The molecule has 0 amide bonds. The van der Waals surface area contributed by atoms with E-state index in [1.807, 2.05) is 42.3 Å². The van der Waals surface area contributed by atoms with Crippen LogP contribution in [0.2, 0.25) is 0 Å². The number of hydrogen-bond donors (Lipinski definition) is 1. The Labute approximate surface area is 147 Å². The van der Waals surface area contributed by atoms with Gasteiger partial charge in [0, 0.05) is 18.2 Å². The van der Waals surface area contributed by atoms with Crippen molar-refractivity contribution >= 4 is 5.97 Å². The van der Waals surface area contributed by atoms with Crippen LogP contribution in [0, 0.1) is 0 Å². The van der Waals surface area contributed by atoms with Crippen molar-refractivity contribution in [1.29, 1.82) is 0 Å². The monoisotopic (exact) mass is 344 g/mol. The summed E-state index contributed by atoms with van der Waals surface area (Å²) in [5.41, 5.74) is 0.924. The average molecular weight is 344 g/mol. The normalized spacial score (nSPS) is 19.0. The van der Waals surface area contributed by atoms with Crippen molar-refractivity contribution in [1.82, 2.24) is 19.9 Å². The van der Waals surface area contributed by atoms with E-state index in [4.69, 9.17) is 9.63 Å². The molecule has 0 bridgehead atoms. The molecule has 2 aromatic rings. The summed E-state index contributed by atoms with van der Waals surface area (Å²) in [6.45, 7) is 2.62. The van der Waals surface area contributed by atoms with Gasteiger partial charge in [-0.1, -0.05) is 23.4 Å². The van der Waals surface area contributed by atoms with Crippen LogP contribution in [-0.2, 0) is 11.3 Å². The van der Waals surface area contributed by atoms with Gasteiger partial charge in [-0.05, 0) is 45.0 Å². The summed E-state index contributed by atoms with van der Waals surface area (Å²) in [4.78, 5) is 19.6. The number of nitrogens with zero attached hydrogens (tertiary/aromatic N) is 4. The lowest BCUT2D eigenvalue weighted by atomic mass is 10.1. The van der Waals surface area contributed by atoms with E-state index < -0.39 is 5.97 Å². The second kappa shape index (κ2) is 8.22. The molecule has 25 heavy (non-hydrogen) atoms. The van der Waals surface area contributed by atoms with E-state index in [0.717, 1.165) is 37.9 Å². The van der Waals surface area contributed by atoms with Crippen molar-refractivity contribution in [3.05, 3.63) is 36.2 Å². The number of aromatic nitrogens is 2. The number of aliphatic carboxylic acids is 1. The zero-order valence-corrected chi connectivity index (χ0v) is 14.5. The smallest absolute Gasteiger partial charge is 0.317 e. The van der Waals surface area contributed by atoms with Crippen LogP contribution in [0.25, 0.3) is 11.5 Å². The summed E-state index contributed by atoms with van der Waals surface area (Å²) in [6.07, 6.45) is 3.01. The molecule has 1 saturated heterocycles. The molecule has 0 spiro atoms. The van der Waals surface area contributed by atoms with Crippen LogP contribution < -0.4 is 0 Å². The molecule has 7 heteroatoms. The zero-order chi connectivity index (χ0) is 17.6. The molecule has 0 radical (unpaired) electrons. The molecule has 0 saturated carbocycles. The minimum absolute atomic E-state index is 0.0932. The molecule has 1 aromatic carbocycles. The third kappa shape index (κ3) is 4.87. The number of likely N-dealkylation sites (N-methyl/N-ethyl adjacent to an activating group) is 1. The van der Waals surface area contributed by atoms with Gasteiger partial charge in [-0.25, -0.2) is 0 Å². The van der Waals surface area contributed by atoms with Crippen molar-refractivity contribution in [2.45, 2.75) is 31.8 Å². The van der Waals surface area contributed by atoms with Crippen LogP contribution in [0.4, 0.5) is 0 Å². The lowest BCUT2D eigenvalue weighted by Crippen LogP contribution is -2.36. The molecular weight excluding hydrogens is 320 g/mol. The Kier molecular flexibility index (Phi) is 5.78. The molecule has 1 atom stereocenters. The second-order valence-electron chi connectivity index (χ2n) is 6.55. The molecule has 1 aliphatic heterocycles. The maximum atomic E-state index is 10.9. The van der Waals surface area contributed by atoms with Gasteiger partial charge in [0.25, 0.3) is 5.89 Å². The van der Waals surface area contributed by atoms with Crippen molar-refractivity contribution < 1.29 is 14.4 Å². The summed E-state index contributed by atoms with van der Waals surface area (Å²) in [5, 5.41) is 13.0. The second-order valence-corrected chi connectivity index (χ2v) is 6.55. The predicted molar refractivity (Wildman–Crippen MR) is 92.9 cm³/mol. The first-order chi connectivity index (χ1) is 12.1. The highest BCUT2D eigenvalue weighted by atomic mass is 16.5. The quantitative estimate of drug-likeness (QED) is 0.859. The first kappa shape index (κ1) is 17.6. The van der Waals surface area contributed by atoms with Crippen molar-refractivity contribution in [2.24, 2.45) is 0 Å². The van der Waals surface area contributed by atoms with Crippen LogP contribution >= 0.6 is 0 Å². The fourth-order valence-corrected chi connectivity index (χ4v) is 3.30. The Morgan fingerprint density at radius 1 is 1.32 bits per heavy atom. The number of likely N-dealkylation sites (tertiary alicyclic amines) is 1. The predicted octanol–water partition coefficient (Wildman–Crippen LogP) is 2.11. The van der Waals surface area contributed by atoms with E-state index in [0.29, 0.717) is 24.3 Å². The lowest BCUT2D eigenvalue weighted by Gasteiger charge is -2.25. The Morgan fingerprint density at radius 2 is 2.12 bits per heavy atom. The third-order valence-corrected chi connectivity index (χ3v) is 4.65. The molecule has 7 nitrogen and oxygen atoms in total. The standard InChI is InChI=1S/C18H24N4O3/c1-21(13-17(23)24)15-8-5-10-22(11-9-15)12-16-19-18(25-20-16)14-6-3-2-4-7-14/h2-4,6-7,15H,5,8-13H2,1H3,(H,23,24). The van der Waals surface area contributed by atoms with E-state index in [1.165, 1.54) is 0 Å². The highest BCUT2D eigenvalue weighted by Crippen LogP contribution is 2.19. The molecular formula is C18H24N4O3. The van der Waals surface area contributed by atoms with E-state index in [2.05, 4.69) is 15.0 Å². The van der Waals surface area contributed by atoms with Crippen LogP contribution in [0.1, 0.15) is 25.1 Å². The lowest BCUT2D eigenvalue weighted by molar-refractivity contribution is -0.138. The van der Waals surface area contributed by atoms with Gasteiger partial charge in [0.15, 0.2) is 5.82 Å². The topological polar surface area (TPSA) is 82.7 Å².